The second kappa shape index (κ2) is 10.1. The van der Waals surface area contributed by atoms with Crippen molar-refractivity contribution in [2.24, 2.45) is 0 Å². The highest BCUT2D eigenvalue weighted by Gasteiger charge is 2.30. The van der Waals surface area contributed by atoms with Crippen LogP contribution in [-0.4, -0.2) is 56.9 Å². The van der Waals surface area contributed by atoms with Crippen molar-refractivity contribution in [3.05, 3.63) is 85.9 Å². The molecule has 180 valence electrons. The Morgan fingerprint density at radius 1 is 0.941 bits per heavy atom. The molecular formula is C24H26Cl2N4O4. The fraction of sp³-hybridized carbons (Fsp3) is 0.333. The minimum absolute atomic E-state index is 0.0439. The zero-order valence-corrected chi connectivity index (χ0v) is 20.4. The van der Waals surface area contributed by atoms with Gasteiger partial charge in [0, 0.05) is 36.2 Å². The number of hydrogen-bond donors (Lipinski definition) is 2. The maximum absolute atomic E-state index is 12.7. The monoisotopic (exact) mass is 504 g/mol. The number of carbonyl (C=O) groups excluding carboxylic acids is 1. The van der Waals surface area contributed by atoms with Crippen LogP contribution in [0.25, 0.3) is 0 Å². The Morgan fingerprint density at radius 3 is 1.88 bits per heavy atom. The summed E-state index contributed by atoms with van der Waals surface area (Å²) in [4.78, 5) is 36.3. The van der Waals surface area contributed by atoms with E-state index in [1.807, 2.05) is 62.4 Å². The summed E-state index contributed by atoms with van der Waals surface area (Å²) in [7, 11) is 0. The molecule has 0 aliphatic carbocycles. The molecule has 0 radical (unpaired) electrons. The Morgan fingerprint density at radius 2 is 1.44 bits per heavy atom. The van der Waals surface area contributed by atoms with Crippen molar-refractivity contribution >= 4 is 29.3 Å². The first-order valence-corrected chi connectivity index (χ1v) is 11.8. The minimum atomic E-state index is -0.696. The Kier molecular flexibility index (Phi) is 7.21. The largest absolute Gasteiger partial charge is 0.491 e. The summed E-state index contributed by atoms with van der Waals surface area (Å²) < 4.78 is 0.605. The number of nitrogens with one attached hydrogen (secondary N) is 1. The van der Waals surface area contributed by atoms with Crippen molar-refractivity contribution in [2.45, 2.75) is 25.8 Å². The van der Waals surface area contributed by atoms with Crippen molar-refractivity contribution in [1.29, 1.82) is 0 Å². The van der Waals surface area contributed by atoms with Crippen LogP contribution in [0.2, 0.25) is 10.0 Å². The topological polar surface area (TPSA) is 90.8 Å². The molecule has 2 aromatic carbocycles. The summed E-state index contributed by atoms with van der Waals surface area (Å²) in [5, 5.41) is 11.6. The van der Waals surface area contributed by atoms with Crippen LogP contribution in [0.1, 0.15) is 42.6 Å². The molecule has 1 aromatic heterocycles. The first kappa shape index (κ1) is 24.2. The highest BCUT2D eigenvalue weighted by atomic mass is 35.5. The van der Waals surface area contributed by atoms with Gasteiger partial charge in [-0.25, -0.2) is 9.59 Å². The molecule has 1 saturated heterocycles. The lowest BCUT2D eigenvalue weighted by Gasteiger charge is -2.39. The van der Waals surface area contributed by atoms with Crippen molar-refractivity contribution in [3.63, 3.8) is 0 Å². The van der Waals surface area contributed by atoms with Gasteiger partial charge in [0.25, 0.3) is 5.88 Å². The number of rotatable bonds is 5. The minimum Gasteiger partial charge on any atom is -0.491 e. The summed E-state index contributed by atoms with van der Waals surface area (Å²) in [6.07, 6.45) is -0.694. The summed E-state index contributed by atoms with van der Waals surface area (Å²) in [5.74, 6) is -0.522. The highest BCUT2D eigenvalue weighted by Crippen LogP contribution is 2.31. The van der Waals surface area contributed by atoms with Gasteiger partial charge in [-0.05, 0) is 41.3 Å². The Bertz CT molecular complexity index is 1150. The molecule has 34 heavy (non-hydrogen) atoms. The lowest BCUT2D eigenvalue weighted by atomic mass is 9.96. The maximum Gasteiger partial charge on any atom is 0.434 e. The lowest BCUT2D eigenvalue weighted by molar-refractivity contribution is 0.0546. The number of nitrogens with zero attached hydrogens (tertiary/aromatic N) is 3. The summed E-state index contributed by atoms with van der Waals surface area (Å²) in [5.41, 5.74) is 1.77. The second-order valence-electron chi connectivity index (χ2n) is 8.50. The average molecular weight is 505 g/mol. The number of aromatic amines is 1. The van der Waals surface area contributed by atoms with E-state index in [-0.39, 0.29) is 12.0 Å². The summed E-state index contributed by atoms with van der Waals surface area (Å²) in [6.45, 7) is 5.58. The molecule has 0 atom stereocenters. The second-order valence-corrected chi connectivity index (χ2v) is 9.38. The standard InChI is InChI=1S/C24H26Cl2N4O4/c1-15(2)20-22(31)30(23(32)27-20)34-24(33)29-13-11-28(12-14-29)21(16-3-7-18(25)8-4-16)17-5-9-19(26)10-6-17/h3-10,15,21,31H,11-14H2,1-2H3,(H,27,32). The van der Waals surface area contributed by atoms with Crippen LogP contribution in [0.15, 0.2) is 53.3 Å². The van der Waals surface area contributed by atoms with E-state index in [1.165, 1.54) is 4.90 Å². The molecule has 0 spiro atoms. The fourth-order valence-electron chi connectivity index (χ4n) is 4.12. The SMILES string of the molecule is CC(C)c1[nH]c(=O)n(OC(=O)N2CCN(C(c3ccc(Cl)cc3)c3ccc(Cl)cc3)CC2)c1O. The number of imidazole rings is 1. The van der Waals surface area contributed by atoms with E-state index in [9.17, 15) is 14.7 Å². The van der Waals surface area contributed by atoms with Gasteiger partial charge in [-0.15, -0.1) is 0 Å². The molecule has 0 bridgehead atoms. The summed E-state index contributed by atoms with van der Waals surface area (Å²) in [6, 6.07) is 15.4. The number of aromatic nitrogens is 2. The van der Waals surface area contributed by atoms with E-state index in [0.717, 1.165) is 11.1 Å². The van der Waals surface area contributed by atoms with Gasteiger partial charge in [-0.3, -0.25) is 4.90 Å². The number of hydrogen-bond acceptors (Lipinski definition) is 5. The van der Waals surface area contributed by atoms with E-state index in [2.05, 4.69) is 9.88 Å². The third-order valence-corrected chi connectivity index (χ3v) is 6.42. The number of benzene rings is 2. The third kappa shape index (κ3) is 5.09. The van der Waals surface area contributed by atoms with Crippen molar-refractivity contribution in [1.82, 2.24) is 19.5 Å². The smallest absolute Gasteiger partial charge is 0.434 e. The molecule has 1 fully saturated rings. The predicted octanol–water partition coefficient (Wildman–Crippen LogP) is 4.27. The zero-order chi connectivity index (χ0) is 24.4. The molecule has 1 aliphatic rings. The molecule has 1 aliphatic heterocycles. The third-order valence-electron chi connectivity index (χ3n) is 5.92. The van der Waals surface area contributed by atoms with Crippen LogP contribution in [0.5, 0.6) is 5.88 Å². The van der Waals surface area contributed by atoms with Crippen molar-refractivity contribution < 1.29 is 14.7 Å². The van der Waals surface area contributed by atoms with Crippen molar-refractivity contribution in [2.75, 3.05) is 26.2 Å². The van der Waals surface area contributed by atoms with Crippen LogP contribution in [0, 0.1) is 0 Å². The van der Waals surface area contributed by atoms with Gasteiger partial charge in [0.05, 0.1) is 11.7 Å². The predicted molar refractivity (Wildman–Crippen MR) is 131 cm³/mol. The normalized spacial score (nSPS) is 14.7. The van der Waals surface area contributed by atoms with Gasteiger partial charge >= 0.3 is 11.8 Å². The lowest BCUT2D eigenvalue weighted by Crippen LogP contribution is -2.52. The quantitative estimate of drug-likeness (QED) is 0.541. The number of H-pyrrole nitrogens is 1. The van der Waals surface area contributed by atoms with E-state index in [1.54, 1.807) is 0 Å². The molecule has 0 unspecified atom stereocenters. The van der Waals surface area contributed by atoms with Gasteiger partial charge in [0.15, 0.2) is 0 Å². The molecule has 2 heterocycles. The molecule has 2 N–H and O–H groups in total. The van der Waals surface area contributed by atoms with Gasteiger partial charge in [-0.2, -0.15) is 0 Å². The van der Waals surface area contributed by atoms with Crippen molar-refractivity contribution in [3.8, 4) is 5.88 Å². The number of amides is 1. The van der Waals surface area contributed by atoms with Crippen LogP contribution < -0.4 is 10.5 Å². The molecule has 4 rings (SSSR count). The summed E-state index contributed by atoms with van der Waals surface area (Å²) >= 11 is 12.2. The Balaban J connectivity index is 1.48. The van der Waals surface area contributed by atoms with Crippen LogP contribution in [0.4, 0.5) is 4.79 Å². The van der Waals surface area contributed by atoms with Crippen LogP contribution in [0.3, 0.4) is 0 Å². The van der Waals surface area contributed by atoms with Crippen LogP contribution >= 0.6 is 23.2 Å². The maximum atomic E-state index is 12.7. The molecule has 10 heteroatoms. The van der Waals surface area contributed by atoms with E-state index >= 15 is 0 Å². The van der Waals surface area contributed by atoms with Gasteiger partial charge < -0.3 is 19.8 Å². The van der Waals surface area contributed by atoms with E-state index in [0.29, 0.717) is 46.6 Å². The van der Waals surface area contributed by atoms with Gasteiger partial charge in [-0.1, -0.05) is 66.0 Å². The van der Waals surface area contributed by atoms with Gasteiger partial charge in [0.2, 0.25) is 0 Å². The molecule has 3 aromatic rings. The number of piperazine rings is 1. The van der Waals surface area contributed by atoms with E-state index < -0.39 is 17.7 Å². The molecule has 8 nitrogen and oxygen atoms in total. The number of carbonyl (C=O) groups is 1. The molecule has 1 amide bonds. The van der Waals surface area contributed by atoms with Gasteiger partial charge in [0.1, 0.15) is 0 Å². The Hall–Kier alpha value is -2.94. The number of aromatic hydroxyl groups is 1. The Labute approximate surface area is 207 Å². The molecule has 0 saturated carbocycles. The van der Waals surface area contributed by atoms with Crippen LogP contribution in [-0.2, 0) is 0 Å². The first-order valence-electron chi connectivity index (χ1n) is 11.0. The average Bonchev–Trinajstić information content (AvgIpc) is 3.10. The fourth-order valence-corrected chi connectivity index (χ4v) is 4.37. The zero-order valence-electron chi connectivity index (χ0n) is 18.9. The molecular weight excluding hydrogens is 479 g/mol. The number of halogens is 2. The van der Waals surface area contributed by atoms with E-state index in [4.69, 9.17) is 28.0 Å². The first-order chi connectivity index (χ1) is 16.2. The highest BCUT2D eigenvalue weighted by molar-refractivity contribution is 6.30.